The molecule has 0 radical (unpaired) electrons. The summed E-state index contributed by atoms with van der Waals surface area (Å²) in [7, 11) is 0. The molecule has 2 rings (SSSR count). The first kappa shape index (κ1) is 14.9. The minimum Gasteiger partial charge on any atom is -0.372 e. The zero-order valence-electron chi connectivity index (χ0n) is 12.0. The van der Waals surface area contributed by atoms with E-state index in [0.29, 0.717) is 35.9 Å². The van der Waals surface area contributed by atoms with Crippen molar-refractivity contribution in [2.45, 2.75) is 45.8 Å². The Morgan fingerprint density at radius 2 is 2.25 bits per heavy atom. The number of hydrogen-bond acceptors (Lipinski definition) is 5. The minimum atomic E-state index is -0.353. The van der Waals surface area contributed by atoms with E-state index in [-0.39, 0.29) is 16.7 Å². The number of pyridine rings is 1. The number of nitrogens with two attached hydrogens (primary N) is 1. The van der Waals surface area contributed by atoms with E-state index in [1.54, 1.807) is 20.0 Å². The van der Waals surface area contributed by atoms with Crippen molar-refractivity contribution in [3.05, 3.63) is 33.1 Å². The van der Waals surface area contributed by atoms with Crippen LogP contribution in [0.3, 0.4) is 0 Å². The van der Waals surface area contributed by atoms with Gasteiger partial charge in [-0.25, -0.2) is 0 Å². The van der Waals surface area contributed by atoms with E-state index in [1.165, 1.54) is 0 Å². The molecule has 0 aliphatic heterocycles. The highest BCUT2D eigenvalue weighted by molar-refractivity contribution is 5.47. The molecule has 1 aromatic heterocycles. The van der Waals surface area contributed by atoms with Crippen LogP contribution in [0.25, 0.3) is 0 Å². The van der Waals surface area contributed by atoms with Gasteiger partial charge in [-0.05, 0) is 39.2 Å². The summed E-state index contributed by atoms with van der Waals surface area (Å²) in [5, 5.41) is 11.1. The molecule has 20 heavy (non-hydrogen) atoms. The highest BCUT2D eigenvalue weighted by atomic mass is 16.6. The van der Waals surface area contributed by atoms with Crippen molar-refractivity contribution in [2.75, 3.05) is 6.54 Å². The third-order valence-corrected chi connectivity index (χ3v) is 4.08. The van der Waals surface area contributed by atoms with E-state index < -0.39 is 0 Å². The Balaban J connectivity index is 2.10. The second kappa shape index (κ2) is 6.28. The van der Waals surface area contributed by atoms with Gasteiger partial charge in [0.2, 0.25) is 0 Å². The van der Waals surface area contributed by atoms with Crippen LogP contribution in [0, 0.1) is 29.9 Å². The Kier molecular flexibility index (Phi) is 4.67. The summed E-state index contributed by atoms with van der Waals surface area (Å²) < 4.78 is 5.88. The monoisotopic (exact) mass is 279 g/mol. The summed E-state index contributed by atoms with van der Waals surface area (Å²) >= 11 is 0. The highest BCUT2D eigenvalue weighted by Crippen LogP contribution is 2.29. The van der Waals surface area contributed by atoms with Gasteiger partial charge >= 0.3 is 0 Å². The van der Waals surface area contributed by atoms with Gasteiger partial charge in [-0.1, -0.05) is 6.42 Å². The summed E-state index contributed by atoms with van der Waals surface area (Å²) in [6, 6.07) is 0. The van der Waals surface area contributed by atoms with Gasteiger partial charge < -0.3 is 10.5 Å². The number of aryl methyl sites for hydroxylation is 1. The molecule has 1 fully saturated rings. The fraction of sp³-hybridized carbons (Fsp3) is 0.643. The summed E-state index contributed by atoms with van der Waals surface area (Å²) in [5.41, 5.74) is 7.68. The topological polar surface area (TPSA) is 91.3 Å². The Labute approximate surface area is 118 Å². The minimum absolute atomic E-state index is 0.139. The predicted molar refractivity (Wildman–Crippen MR) is 75.3 cm³/mol. The fourth-order valence-electron chi connectivity index (χ4n) is 2.87. The second-order valence-electron chi connectivity index (χ2n) is 5.39. The van der Waals surface area contributed by atoms with Gasteiger partial charge in [0, 0.05) is 11.8 Å². The predicted octanol–water partition coefficient (Wildman–Crippen LogP) is 2.25. The Hall–Kier alpha value is -1.53. The third kappa shape index (κ3) is 2.96. The number of aromatic nitrogens is 1. The van der Waals surface area contributed by atoms with Crippen molar-refractivity contribution in [3.63, 3.8) is 0 Å². The molecule has 1 heterocycles. The van der Waals surface area contributed by atoms with E-state index in [0.717, 1.165) is 19.3 Å². The summed E-state index contributed by atoms with van der Waals surface area (Å²) in [5.74, 6) is 0.399. The normalized spacial score (nSPS) is 22.1. The van der Waals surface area contributed by atoms with E-state index in [1.807, 2.05) is 0 Å². The molecular weight excluding hydrogens is 258 g/mol. The first-order chi connectivity index (χ1) is 9.54. The maximum atomic E-state index is 11.1. The molecule has 0 bridgehead atoms. The lowest BCUT2D eigenvalue weighted by Gasteiger charge is -2.19. The van der Waals surface area contributed by atoms with Crippen molar-refractivity contribution in [2.24, 2.45) is 11.7 Å². The molecule has 1 aliphatic carbocycles. The van der Waals surface area contributed by atoms with Crippen LogP contribution in [-0.2, 0) is 11.3 Å². The zero-order chi connectivity index (χ0) is 14.7. The average molecular weight is 279 g/mol. The van der Waals surface area contributed by atoms with Crippen LogP contribution in [0.15, 0.2) is 6.20 Å². The van der Waals surface area contributed by atoms with Crippen LogP contribution in [0.2, 0.25) is 0 Å². The molecule has 0 amide bonds. The Morgan fingerprint density at radius 3 is 2.90 bits per heavy atom. The zero-order valence-corrected chi connectivity index (χ0v) is 12.0. The van der Waals surface area contributed by atoms with Gasteiger partial charge in [0.15, 0.2) is 0 Å². The third-order valence-electron chi connectivity index (χ3n) is 4.08. The quantitative estimate of drug-likeness (QED) is 0.659. The first-order valence-electron chi connectivity index (χ1n) is 6.95. The van der Waals surface area contributed by atoms with Crippen LogP contribution in [0.4, 0.5) is 5.69 Å². The van der Waals surface area contributed by atoms with E-state index in [2.05, 4.69) is 4.98 Å². The van der Waals surface area contributed by atoms with E-state index in [9.17, 15) is 10.1 Å². The molecule has 1 aromatic rings. The average Bonchev–Trinajstić information content (AvgIpc) is 2.85. The van der Waals surface area contributed by atoms with Crippen molar-refractivity contribution in [3.8, 4) is 0 Å². The lowest BCUT2D eigenvalue weighted by Crippen LogP contribution is -2.25. The molecule has 2 N–H and O–H groups in total. The summed E-state index contributed by atoms with van der Waals surface area (Å²) in [4.78, 5) is 15.0. The highest BCUT2D eigenvalue weighted by Gasteiger charge is 2.27. The van der Waals surface area contributed by atoms with E-state index >= 15 is 0 Å². The van der Waals surface area contributed by atoms with Gasteiger partial charge in [0.05, 0.1) is 28.9 Å². The second-order valence-corrected chi connectivity index (χ2v) is 5.39. The standard InChI is InChI=1S/C14H21N3O3/c1-9-7-16-12(10(2)14(9)17(18)19)8-20-13-5-3-4-11(13)6-15/h7,11,13H,3-6,8,15H2,1-2H3. The number of hydrogen-bond donors (Lipinski definition) is 1. The Morgan fingerprint density at radius 1 is 1.50 bits per heavy atom. The molecule has 6 nitrogen and oxygen atoms in total. The molecule has 6 heteroatoms. The van der Waals surface area contributed by atoms with Crippen molar-refractivity contribution in [1.29, 1.82) is 0 Å². The molecule has 0 spiro atoms. The largest absolute Gasteiger partial charge is 0.372 e. The molecule has 1 aliphatic rings. The van der Waals surface area contributed by atoms with Crippen LogP contribution in [0.1, 0.15) is 36.1 Å². The lowest BCUT2D eigenvalue weighted by molar-refractivity contribution is -0.386. The SMILES string of the molecule is Cc1cnc(COC2CCCC2CN)c(C)c1[N+](=O)[O-]. The molecule has 2 atom stereocenters. The number of nitro groups is 1. The van der Waals surface area contributed by atoms with Crippen LogP contribution >= 0.6 is 0 Å². The molecular formula is C14H21N3O3. The molecule has 1 saturated carbocycles. The van der Waals surface area contributed by atoms with E-state index in [4.69, 9.17) is 10.5 Å². The van der Waals surface area contributed by atoms with Crippen molar-refractivity contribution < 1.29 is 9.66 Å². The maximum Gasteiger partial charge on any atom is 0.278 e. The lowest BCUT2D eigenvalue weighted by atomic mass is 10.1. The summed E-state index contributed by atoms with van der Waals surface area (Å²) in [6.07, 6.45) is 4.93. The van der Waals surface area contributed by atoms with Crippen molar-refractivity contribution >= 4 is 5.69 Å². The fourth-order valence-corrected chi connectivity index (χ4v) is 2.87. The molecule has 2 unspecified atom stereocenters. The molecule has 110 valence electrons. The Bertz CT molecular complexity index is 505. The van der Waals surface area contributed by atoms with Crippen LogP contribution in [-0.4, -0.2) is 22.6 Å². The van der Waals surface area contributed by atoms with Crippen molar-refractivity contribution in [1.82, 2.24) is 4.98 Å². The molecule has 0 aromatic carbocycles. The molecule has 0 saturated heterocycles. The smallest absolute Gasteiger partial charge is 0.278 e. The first-order valence-corrected chi connectivity index (χ1v) is 6.95. The number of nitrogens with zero attached hydrogens (tertiary/aromatic N) is 2. The van der Waals surface area contributed by atoms with Crippen LogP contribution in [0.5, 0.6) is 0 Å². The van der Waals surface area contributed by atoms with Crippen LogP contribution < -0.4 is 5.73 Å². The number of ether oxygens (including phenoxy) is 1. The summed E-state index contributed by atoms with van der Waals surface area (Å²) in [6.45, 7) is 4.37. The van der Waals surface area contributed by atoms with Gasteiger partial charge in [0.25, 0.3) is 5.69 Å². The van der Waals surface area contributed by atoms with Gasteiger partial charge in [-0.3, -0.25) is 15.1 Å². The number of rotatable bonds is 5. The maximum absolute atomic E-state index is 11.1. The van der Waals surface area contributed by atoms with Gasteiger partial charge in [-0.15, -0.1) is 0 Å². The van der Waals surface area contributed by atoms with Gasteiger partial charge in [-0.2, -0.15) is 0 Å². The van der Waals surface area contributed by atoms with Gasteiger partial charge in [0.1, 0.15) is 0 Å².